The number of nitrogens with one attached hydrogen (secondary N) is 1. The summed E-state index contributed by atoms with van der Waals surface area (Å²) in [5.74, 6) is -0.183. The summed E-state index contributed by atoms with van der Waals surface area (Å²) in [5.41, 5.74) is 3.99. The van der Waals surface area contributed by atoms with Crippen molar-refractivity contribution in [3.63, 3.8) is 0 Å². The van der Waals surface area contributed by atoms with Crippen molar-refractivity contribution >= 4 is 33.8 Å². The highest BCUT2D eigenvalue weighted by Crippen LogP contribution is 2.28. The lowest BCUT2D eigenvalue weighted by atomic mass is 9.99. The maximum Gasteiger partial charge on any atom is 0.415 e. The quantitative estimate of drug-likeness (QED) is 0.433. The number of benzene rings is 2. The molecule has 29 heavy (non-hydrogen) atoms. The van der Waals surface area contributed by atoms with Crippen molar-refractivity contribution in [2.24, 2.45) is 0 Å². The lowest BCUT2D eigenvalue weighted by Gasteiger charge is -2.05. The molecule has 2 aromatic carbocycles. The number of fused-ring (bicyclic) bond motifs is 2. The lowest BCUT2D eigenvalue weighted by molar-refractivity contribution is 0.104. The molecular formula is C23H15N3O3. The maximum absolute atomic E-state index is 13.4. The van der Waals surface area contributed by atoms with Crippen molar-refractivity contribution in [3.05, 3.63) is 90.4 Å². The zero-order valence-corrected chi connectivity index (χ0v) is 15.2. The monoisotopic (exact) mass is 381 g/mol. The fourth-order valence-electron chi connectivity index (χ4n) is 3.66. The fourth-order valence-corrected chi connectivity index (χ4v) is 3.66. The van der Waals surface area contributed by atoms with E-state index in [9.17, 15) is 14.7 Å². The number of rotatable bonds is 3. The predicted molar refractivity (Wildman–Crippen MR) is 110 cm³/mol. The zero-order valence-electron chi connectivity index (χ0n) is 15.2. The van der Waals surface area contributed by atoms with E-state index in [1.807, 2.05) is 36.4 Å². The van der Waals surface area contributed by atoms with Crippen LogP contribution in [0.4, 0.5) is 4.79 Å². The minimum atomic E-state index is -1.09. The van der Waals surface area contributed by atoms with E-state index in [0.29, 0.717) is 27.7 Å². The number of carbonyl (C=O) groups is 2. The Hall–Kier alpha value is -4.19. The highest BCUT2D eigenvalue weighted by Gasteiger charge is 2.19. The van der Waals surface area contributed by atoms with E-state index in [1.165, 1.54) is 6.20 Å². The number of hydrogen-bond acceptors (Lipinski definition) is 3. The first-order valence-electron chi connectivity index (χ1n) is 9.04. The van der Waals surface area contributed by atoms with Crippen LogP contribution in [0.15, 0.2) is 79.3 Å². The van der Waals surface area contributed by atoms with Gasteiger partial charge < -0.3 is 10.1 Å². The molecule has 0 aliphatic carbocycles. The number of aromatic amines is 1. The van der Waals surface area contributed by atoms with E-state index < -0.39 is 6.09 Å². The Labute approximate surface area is 165 Å². The molecule has 6 heteroatoms. The molecule has 0 amide bonds. The van der Waals surface area contributed by atoms with Crippen molar-refractivity contribution in [2.45, 2.75) is 0 Å². The lowest BCUT2D eigenvalue weighted by Crippen LogP contribution is -2.06. The highest BCUT2D eigenvalue weighted by molar-refractivity contribution is 6.21. The van der Waals surface area contributed by atoms with Crippen molar-refractivity contribution in [2.75, 3.05) is 0 Å². The second-order valence-corrected chi connectivity index (χ2v) is 6.72. The van der Waals surface area contributed by atoms with Crippen LogP contribution in [0.25, 0.3) is 33.1 Å². The molecule has 5 rings (SSSR count). The van der Waals surface area contributed by atoms with Gasteiger partial charge in [0.05, 0.1) is 5.52 Å². The Balaban J connectivity index is 1.65. The molecule has 0 fully saturated rings. The molecule has 0 aliphatic heterocycles. The number of ketones is 1. The van der Waals surface area contributed by atoms with E-state index in [0.717, 1.165) is 21.1 Å². The van der Waals surface area contributed by atoms with Gasteiger partial charge in [0.15, 0.2) is 5.78 Å². The van der Waals surface area contributed by atoms with Crippen LogP contribution < -0.4 is 0 Å². The second-order valence-electron chi connectivity index (χ2n) is 6.72. The Morgan fingerprint density at radius 1 is 0.897 bits per heavy atom. The van der Waals surface area contributed by atoms with Crippen LogP contribution in [0.2, 0.25) is 0 Å². The minimum absolute atomic E-state index is 0.183. The average Bonchev–Trinajstić information content (AvgIpc) is 3.37. The molecule has 2 N–H and O–H groups in total. The SMILES string of the molecule is O=C(c1c[nH]c2ncc(-c3ccccc3)cc12)c1cccc2c1ccn2C(=O)O. The first-order chi connectivity index (χ1) is 14.1. The normalized spacial score (nSPS) is 11.2. The Kier molecular flexibility index (Phi) is 3.77. The van der Waals surface area contributed by atoms with Gasteiger partial charge in [-0.2, -0.15) is 0 Å². The number of nitrogens with zero attached hydrogens (tertiary/aromatic N) is 2. The molecule has 0 unspecified atom stereocenters. The van der Waals surface area contributed by atoms with Crippen LogP contribution in [0.3, 0.4) is 0 Å². The molecule has 0 radical (unpaired) electrons. The third kappa shape index (κ3) is 2.70. The van der Waals surface area contributed by atoms with Gasteiger partial charge in [0.25, 0.3) is 0 Å². The van der Waals surface area contributed by atoms with Gasteiger partial charge in [-0.15, -0.1) is 0 Å². The summed E-state index contributed by atoms with van der Waals surface area (Å²) in [4.78, 5) is 32.3. The molecule has 0 atom stereocenters. The van der Waals surface area contributed by atoms with Crippen LogP contribution in [0.5, 0.6) is 0 Å². The average molecular weight is 381 g/mol. The first kappa shape index (κ1) is 16.9. The molecule has 3 aromatic heterocycles. The number of hydrogen-bond donors (Lipinski definition) is 2. The van der Waals surface area contributed by atoms with Crippen LogP contribution in [-0.4, -0.2) is 31.5 Å². The van der Waals surface area contributed by atoms with Gasteiger partial charge in [-0.25, -0.2) is 9.78 Å². The summed E-state index contributed by atoms with van der Waals surface area (Å²) >= 11 is 0. The van der Waals surface area contributed by atoms with Crippen LogP contribution in [0.1, 0.15) is 15.9 Å². The van der Waals surface area contributed by atoms with Gasteiger partial charge in [0.1, 0.15) is 5.65 Å². The Bertz CT molecular complexity index is 1400. The molecule has 0 spiro atoms. The summed E-state index contributed by atoms with van der Waals surface area (Å²) < 4.78 is 1.11. The van der Waals surface area contributed by atoms with Crippen molar-refractivity contribution in [3.8, 4) is 11.1 Å². The van der Waals surface area contributed by atoms with Gasteiger partial charge in [0.2, 0.25) is 0 Å². The molecular weight excluding hydrogens is 366 g/mol. The number of H-pyrrole nitrogens is 1. The molecule has 0 saturated carbocycles. The third-order valence-corrected chi connectivity index (χ3v) is 5.07. The Morgan fingerprint density at radius 3 is 2.52 bits per heavy atom. The van der Waals surface area contributed by atoms with E-state index in [-0.39, 0.29) is 5.78 Å². The molecule has 6 nitrogen and oxygen atoms in total. The Morgan fingerprint density at radius 2 is 1.72 bits per heavy atom. The summed E-state index contributed by atoms with van der Waals surface area (Å²) in [6.07, 6.45) is 3.79. The van der Waals surface area contributed by atoms with E-state index >= 15 is 0 Å². The van der Waals surface area contributed by atoms with Gasteiger partial charge in [-0.1, -0.05) is 42.5 Å². The number of pyridine rings is 1. The van der Waals surface area contributed by atoms with Crippen LogP contribution >= 0.6 is 0 Å². The third-order valence-electron chi connectivity index (χ3n) is 5.07. The summed E-state index contributed by atoms with van der Waals surface area (Å²) in [6, 6.07) is 18.5. The summed E-state index contributed by atoms with van der Waals surface area (Å²) in [7, 11) is 0. The number of aromatic nitrogens is 3. The van der Waals surface area contributed by atoms with Gasteiger partial charge in [-0.3, -0.25) is 9.36 Å². The number of carboxylic acid groups (broad SMARTS) is 1. The molecule has 3 heterocycles. The molecule has 5 aromatic rings. The molecule has 0 aliphatic rings. The largest absolute Gasteiger partial charge is 0.464 e. The highest BCUT2D eigenvalue weighted by atomic mass is 16.4. The first-order valence-corrected chi connectivity index (χ1v) is 9.04. The second kappa shape index (κ2) is 6.45. The van der Waals surface area contributed by atoms with E-state index in [4.69, 9.17) is 0 Å². The summed E-state index contributed by atoms with van der Waals surface area (Å²) in [6.45, 7) is 0. The van der Waals surface area contributed by atoms with Crippen molar-refractivity contribution < 1.29 is 14.7 Å². The predicted octanol–water partition coefficient (Wildman–Crippen LogP) is 4.94. The smallest absolute Gasteiger partial charge is 0.415 e. The zero-order chi connectivity index (χ0) is 20.0. The van der Waals surface area contributed by atoms with E-state index in [1.54, 1.807) is 36.7 Å². The molecule has 0 bridgehead atoms. The van der Waals surface area contributed by atoms with Crippen molar-refractivity contribution in [1.29, 1.82) is 0 Å². The summed E-state index contributed by atoms with van der Waals surface area (Å²) in [5, 5.41) is 10.7. The van der Waals surface area contributed by atoms with Crippen molar-refractivity contribution in [1.82, 2.24) is 14.5 Å². The van der Waals surface area contributed by atoms with E-state index in [2.05, 4.69) is 9.97 Å². The fraction of sp³-hybridized carbons (Fsp3) is 0. The van der Waals surface area contributed by atoms with Gasteiger partial charge in [-0.05, 0) is 23.8 Å². The van der Waals surface area contributed by atoms with Gasteiger partial charge >= 0.3 is 6.09 Å². The van der Waals surface area contributed by atoms with Crippen LogP contribution in [0, 0.1) is 0 Å². The minimum Gasteiger partial charge on any atom is -0.464 e. The van der Waals surface area contributed by atoms with Crippen LogP contribution in [-0.2, 0) is 0 Å². The molecule has 140 valence electrons. The maximum atomic E-state index is 13.4. The number of carbonyl (C=O) groups excluding carboxylic acids is 1. The standard InChI is InChI=1S/C23H15N3O3/c27-21(17-7-4-8-20-16(17)9-10-26(20)23(28)29)19-13-25-22-18(19)11-15(12-24-22)14-5-2-1-3-6-14/h1-13H,(H,24,25)(H,28,29). The topological polar surface area (TPSA) is 88.0 Å². The molecule has 0 saturated heterocycles. The van der Waals surface area contributed by atoms with Gasteiger partial charge in [0, 0.05) is 46.1 Å².